The number of fused-ring (bicyclic) bond motifs is 3. The first-order valence-electron chi connectivity index (χ1n) is 11.0. The van der Waals surface area contributed by atoms with Crippen LogP contribution in [0.5, 0.6) is 17.2 Å². The molecule has 1 unspecified atom stereocenters. The fourth-order valence-corrected chi connectivity index (χ4v) is 4.29. The van der Waals surface area contributed by atoms with Crippen LogP contribution in [-0.2, 0) is 16.0 Å². The maximum Gasteiger partial charge on any atom is 0.217 e. The van der Waals surface area contributed by atoms with E-state index in [4.69, 9.17) is 18.9 Å². The molecule has 0 spiro atoms. The molecular formula is C25H32N2O6. The van der Waals surface area contributed by atoms with Gasteiger partial charge in [-0.25, -0.2) is 0 Å². The summed E-state index contributed by atoms with van der Waals surface area (Å²) >= 11 is 0. The Labute approximate surface area is 194 Å². The third-order valence-electron chi connectivity index (χ3n) is 5.76. The number of aryl methyl sites for hydroxylation is 1. The first-order valence-corrected chi connectivity index (χ1v) is 11.0. The lowest BCUT2D eigenvalue weighted by Crippen LogP contribution is -2.26. The van der Waals surface area contributed by atoms with Crippen LogP contribution in [0.1, 0.15) is 36.9 Å². The van der Waals surface area contributed by atoms with Crippen molar-refractivity contribution in [2.45, 2.75) is 32.2 Å². The Balaban J connectivity index is 2.25. The molecule has 0 radical (unpaired) electrons. The van der Waals surface area contributed by atoms with Gasteiger partial charge >= 0.3 is 0 Å². The summed E-state index contributed by atoms with van der Waals surface area (Å²) in [6.07, 6.45) is 2.06. The summed E-state index contributed by atoms with van der Waals surface area (Å²) in [5, 5.41) is 6.21. The van der Waals surface area contributed by atoms with Crippen LogP contribution in [0.4, 0.5) is 5.69 Å². The molecule has 178 valence electrons. The zero-order chi connectivity index (χ0) is 24.0. The maximum atomic E-state index is 13.1. The monoisotopic (exact) mass is 456 g/mol. The van der Waals surface area contributed by atoms with E-state index in [-0.39, 0.29) is 17.4 Å². The van der Waals surface area contributed by atoms with Gasteiger partial charge in [0.2, 0.25) is 17.1 Å². The van der Waals surface area contributed by atoms with Crippen LogP contribution in [0, 0.1) is 0 Å². The number of carbonyl (C=O) groups excluding carboxylic acids is 1. The van der Waals surface area contributed by atoms with E-state index in [1.165, 1.54) is 6.92 Å². The second-order valence-corrected chi connectivity index (χ2v) is 7.87. The molecule has 0 saturated heterocycles. The number of hydrogen-bond acceptors (Lipinski definition) is 7. The smallest absolute Gasteiger partial charge is 0.217 e. The van der Waals surface area contributed by atoms with E-state index in [9.17, 15) is 9.59 Å². The van der Waals surface area contributed by atoms with Gasteiger partial charge in [-0.15, -0.1) is 0 Å². The highest BCUT2D eigenvalue weighted by Crippen LogP contribution is 2.50. The number of anilines is 1. The van der Waals surface area contributed by atoms with Crippen molar-refractivity contribution in [2.75, 3.05) is 46.9 Å². The molecular weight excluding hydrogens is 424 g/mol. The first-order chi connectivity index (χ1) is 15.9. The molecule has 8 nitrogen and oxygen atoms in total. The van der Waals surface area contributed by atoms with Crippen LogP contribution in [0.3, 0.4) is 0 Å². The minimum atomic E-state index is -0.326. The van der Waals surface area contributed by atoms with Crippen LogP contribution < -0.4 is 30.3 Å². The van der Waals surface area contributed by atoms with Gasteiger partial charge in [-0.05, 0) is 54.2 Å². The molecule has 1 aliphatic rings. The molecule has 2 aromatic carbocycles. The minimum absolute atomic E-state index is 0.146. The number of carbonyl (C=O) groups is 1. The molecule has 0 bridgehead atoms. The van der Waals surface area contributed by atoms with Crippen molar-refractivity contribution < 1.29 is 23.7 Å². The number of rotatable bonds is 9. The summed E-state index contributed by atoms with van der Waals surface area (Å²) < 4.78 is 22.0. The van der Waals surface area contributed by atoms with Gasteiger partial charge in [-0.3, -0.25) is 9.59 Å². The third kappa shape index (κ3) is 5.22. The standard InChI is InChI=1S/C25H32N2O6/c1-15(28)27-19-9-7-16-13-22(31-3)24(32-4)25(33-5)23(16)17-8-10-20(21(29)14-18(17)19)26-11-6-12-30-2/h8,10,13-14,19H,6-7,9,11-12H2,1-5H3,(H,26,29)(H,27,28). The van der Waals surface area contributed by atoms with Gasteiger partial charge < -0.3 is 29.6 Å². The number of ether oxygens (including phenoxy) is 4. The Morgan fingerprint density at radius 2 is 1.82 bits per heavy atom. The van der Waals surface area contributed by atoms with Crippen LogP contribution in [0.25, 0.3) is 11.1 Å². The predicted molar refractivity (Wildman–Crippen MR) is 128 cm³/mol. The molecule has 0 aromatic heterocycles. The lowest BCUT2D eigenvalue weighted by Gasteiger charge is -2.19. The molecule has 1 aliphatic carbocycles. The lowest BCUT2D eigenvalue weighted by atomic mass is 9.95. The van der Waals surface area contributed by atoms with E-state index in [2.05, 4.69) is 10.6 Å². The number of nitrogens with one attached hydrogen (secondary N) is 2. The van der Waals surface area contributed by atoms with E-state index in [1.54, 1.807) is 40.6 Å². The van der Waals surface area contributed by atoms with E-state index in [0.717, 1.165) is 28.7 Å². The SMILES string of the molecule is COCCCNc1ccc2c(cc1=O)C(NC(C)=O)CCc1cc(OC)c(OC)c(OC)c1-2. The molecule has 0 fully saturated rings. The highest BCUT2D eigenvalue weighted by molar-refractivity contribution is 5.83. The van der Waals surface area contributed by atoms with Crippen molar-refractivity contribution in [2.24, 2.45) is 0 Å². The van der Waals surface area contributed by atoms with Gasteiger partial charge in [0.25, 0.3) is 0 Å². The number of benzene rings is 1. The Bertz CT molecular complexity index is 1070. The molecule has 2 aromatic rings. The number of amides is 1. The minimum Gasteiger partial charge on any atom is -0.493 e. The molecule has 8 heteroatoms. The zero-order valence-electron chi connectivity index (χ0n) is 19.9. The Kier molecular flexibility index (Phi) is 8.16. The average Bonchev–Trinajstić information content (AvgIpc) is 3.04. The maximum absolute atomic E-state index is 13.1. The van der Waals surface area contributed by atoms with Gasteiger partial charge in [0.1, 0.15) is 0 Å². The second kappa shape index (κ2) is 11.0. The third-order valence-corrected chi connectivity index (χ3v) is 5.76. The highest BCUT2D eigenvalue weighted by Gasteiger charge is 2.29. The number of methoxy groups -OCH3 is 4. The van der Waals surface area contributed by atoms with E-state index < -0.39 is 0 Å². The molecule has 33 heavy (non-hydrogen) atoms. The molecule has 1 amide bonds. The summed E-state index contributed by atoms with van der Waals surface area (Å²) in [5.74, 6) is 1.42. The molecule has 0 heterocycles. The fourth-order valence-electron chi connectivity index (χ4n) is 4.29. The summed E-state index contributed by atoms with van der Waals surface area (Å²) in [7, 11) is 6.37. The summed E-state index contributed by atoms with van der Waals surface area (Å²) in [6, 6.07) is 6.91. The topological polar surface area (TPSA) is 95.1 Å². The predicted octanol–water partition coefficient (Wildman–Crippen LogP) is 3.31. The fraction of sp³-hybridized carbons (Fsp3) is 0.440. The highest BCUT2D eigenvalue weighted by atomic mass is 16.5. The van der Waals surface area contributed by atoms with Crippen LogP contribution in [-0.4, -0.2) is 47.5 Å². The van der Waals surface area contributed by atoms with Crippen LogP contribution in [0.15, 0.2) is 29.1 Å². The average molecular weight is 457 g/mol. The van der Waals surface area contributed by atoms with E-state index in [0.29, 0.717) is 48.9 Å². The van der Waals surface area contributed by atoms with Crippen LogP contribution in [0.2, 0.25) is 0 Å². The summed E-state index contributed by atoms with van der Waals surface area (Å²) in [5.41, 5.74) is 3.71. The van der Waals surface area contributed by atoms with E-state index in [1.807, 2.05) is 12.1 Å². The summed E-state index contributed by atoms with van der Waals surface area (Å²) in [6.45, 7) is 2.69. The van der Waals surface area contributed by atoms with E-state index >= 15 is 0 Å². The Hall–Kier alpha value is -3.26. The van der Waals surface area contributed by atoms with Gasteiger partial charge in [0, 0.05) is 32.7 Å². The van der Waals surface area contributed by atoms with Crippen molar-refractivity contribution >= 4 is 11.6 Å². The zero-order valence-corrected chi connectivity index (χ0v) is 19.9. The van der Waals surface area contributed by atoms with Crippen molar-refractivity contribution in [3.05, 3.63) is 45.6 Å². The van der Waals surface area contributed by atoms with Crippen LogP contribution >= 0.6 is 0 Å². The van der Waals surface area contributed by atoms with Gasteiger partial charge in [0.05, 0.1) is 33.1 Å². The van der Waals surface area contributed by atoms with Crippen molar-refractivity contribution in [3.8, 4) is 28.4 Å². The second-order valence-electron chi connectivity index (χ2n) is 7.87. The number of hydrogen-bond donors (Lipinski definition) is 2. The molecule has 1 atom stereocenters. The normalized spacial score (nSPS) is 14.4. The Morgan fingerprint density at radius 3 is 2.45 bits per heavy atom. The molecule has 0 saturated carbocycles. The van der Waals surface area contributed by atoms with Gasteiger partial charge in [-0.1, -0.05) is 6.07 Å². The van der Waals surface area contributed by atoms with Gasteiger partial charge in [-0.2, -0.15) is 0 Å². The largest absolute Gasteiger partial charge is 0.493 e. The molecule has 0 aliphatic heterocycles. The van der Waals surface area contributed by atoms with Crippen molar-refractivity contribution in [1.82, 2.24) is 5.32 Å². The quantitative estimate of drug-likeness (QED) is 0.559. The first kappa shape index (κ1) is 24.4. The van der Waals surface area contributed by atoms with Crippen molar-refractivity contribution in [3.63, 3.8) is 0 Å². The summed E-state index contributed by atoms with van der Waals surface area (Å²) in [4.78, 5) is 25.1. The molecule has 3 rings (SSSR count). The molecule has 2 N–H and O–H groups in total. The van der Waals surface area contributed by atoms with Crippen molar-refractivity contribution in [1.29, 1.82) is 0 Å². The Morgan fingerprint density at radius 1 is 1.06 bits per heavy atom. The lowest BCUT2D eigenvalue weighted by molar-refractivity contribution is -0.119. The van der Waals surface area contributed by atoms with Gasteiger partial charge in [0.15, 0.2) is 11.5 Å².